The number of hydrogen-bond acceptors (Lipinski definition) is 10. The van der Waals surface area contributed by atoms with Crippen molar-refractivity contribution in [2.75, 3.05) is 74.5 Å². The SMILES string of the molecule is CN1CCC[C@@H]1c1cc2cnc(NC(=O)c3ccc(N4CCN(CCC5CCN(c6cccc7c6CN(C6CCC(=O)NC6=O)C7=O)CC5)CC4)nc3)cc2[nH]1. The Morgan fingerprint density at radius 1 is 0.875 bits per heavy atom. The summed E-state index contributed by atoms with van der Waals surface area (Å²) in [5.41, 5.74) is 5.42. The number of nitrogens with zero attached hydrogens (tertiary/aromatic N) is 7. The van der Waals surface area contributed by atoms with Gasteiger partial charge in [0.25, 0.3) is 11.8 Å². The maximum atomic E-state index is 13.3. The summed E-state index contributed by atoms with van der Waals surface area (Å²) in [7, 11) is 2.16. The normalized spacial score (nSPS) is 22.6. The van der Waals surface area contributed by atoms with E-state index in [4.69, 9.17) is 0 Å². The fourth-order valence-electron chi connectivity index (χ4n) is 9.39. The second-order valence-electron chi connectivity index (χ2n) is 16.1. The average molecular weight is 759 g/mol. The van der Waals surface area contributed by atoms with Gasteiger partial charge in [-0.3, -0.25) is 34.3 Å². The van der Waals surface area contributed by atoms with Gasteiger partial charge in [-0.15, -0.1) is 0 Å². The fourth-order valence-corrected chi connectivity index (χ4v) is 9.39. The van der Waals surface area contributed by atoms with Crippen LogP contribution in [0.4, 0.5) is 17.3 Å². The smallest absolute Gasteiger partial charge is 0.258 e. The number of rotatable bonds is 9. The van der Waals surface area contributed by atoms with E-state index in [0.717, 1.165) is 106 Å². The second kappa shape index (κ2) is 15.3. The van der Waals surface area contributed by atoms with Gasteiger partial charge in [0.15, 0.2) is 0 Å². The Labute approximate surface area is 326 Å². The van der Waals surface area contributed by atoms with Crippen LogP contribution >= 0.6 is 0 Å². The molecule has 56 heavy (non-hydrogen) atoms. The molecule has 1 aromatic carbocycles. The van der Waals surface area contributed by atoms with E-state index in [1.807, 2.05) is 36.5 Å². The van der Waals surface area contributed by atoms with Crippen LogP contribution in [0.3, 0.4) is 0 Å². The third-order valence-corrected chi connectivity index (χ3v) is 12.7. The molecule has 4 fully saturated rings. The van der Waals surface area contributed by atoms with E-state index in [0.29, 0.717) is 41.9 Å². The molecule has 14 heteroatoms. The number of nitrogens with one attached hydrogen (secondary N) is 3. The highest BCUT2D eigenvalue weighted by Crippen LogP contribution is 2.36. The number of benzene rings is 1. The van der Waals surface area contributed by atoms with Crippen LogP contribution in [-0.2, 0) is 16.1 Å². The van der Waals surface area contributed by atoms with Crippen LogP contribution in [-0.4, -0.2) is 119 Å². The van der Waals surface area contributed by atoms with Gasteiger partial charge in [0, 0.05) is 105 Å². The predicted molar refractivity (Wildman–Crippen MR) is 214 cm³/mol. The first-order valence-electron chi connectivity index (χ1n) is 20.2. The number of aromatic nitrogens is 3. The third-order valence-electron chi connectivity index (χ3n) is 12.7. The van der Waals surface area contributed by atoms with Crippen molar-refractivity contribution in [3.63, 3.8) is 0 Å². The number of piperazine rings is 1. The third kappa shape index (κ3) is 7.23. The summed E-state index contributed by atoms with van der Waals surface area (Å²) in [5.74, 6) is 1.05. The van der Waals surface area contributed by atoms with Crippen LogP contribution in [0, 0.1) is 5.92 Å². The Morgan fingerprint density at radius 3 is 2.46 bits per heavy atom. The summed E-state index contributed by atoms with van der Waals surface area (Å²) in [5, 5.41) is 6.38. The van der Waals surface area contributed by atoms with Gasteiger partial charge in [0.05, 0.1) is 11.1 Å². The minimum absolute atomic E-state index is 0.123. The van der Waals surface area contributed by atoms with Gasteiger partial charge in [-0.1, -0.05) is 6.07 Å². The topological polar surface area (TPSA) is 150 Å². The lowest BCUT2D eigenvalue weighted by molar-refractivity contribution is -0.136. The molecular weight excluding hydrogens is 709 g/mol. The number of imide groups is 1. The van der Waals surface area contributed by atoms with E-state index in [9.17, 15) is 19.2 Å². The molecule has 0 radical (unpaired) electrons. The minimum atomic E-state index is -0.601. The first-order chi connectivity index (χ1) is 27.3. The number of aromatic amines is 1. The summed E-state index contributed by atoms with van der Waals surface area (Å²) in [6.45, 7) is 8.20. The number of hydrogen-bond donors (Lipinski definition) is 3. The molecule has 0 spiro atoms. The van der Waals surface area contributed by atoms with Crippen molar-refractivity contribution >= 4 is 51.9 Å². The molecule has 0 bridgehead atoms. The Bertz CT molecular complexity index is 2140. The number of fused-ring (bicyclic) bond motifs is 2. The number of likely N-dealkylation sites (tertiary alicyclic amines) is 1. The molecule has 1 unspecified atom stereocenters. The van der Waals surface area contributed by atoms with Crippen LogP contribution < -0.4 is 20.4 Å². The molecule has 4 saturated heterocycles. The van der Waals surface area contributed by atoms with E-state index in [-0.39, 0.29) is 30.0 Å². The van der Waals surface area contributed by atoms with Crippen molar-refractivity contribution < 1.29 is 19.2 Å². The molecular formula is C42H50N10O4. The maximum absolute atomic E-state index is 13.3. The first kappa shape index (κ1) is 36.3. The highest BCUT2D eigenvalue weighted by molar-refractivity contribution is 6.06. The monoisotopic (exact) mass is 758 g/mol. The summed E-state index contributed by atoms with van der Waals surface area (Å²) in [6.07, 6.45) is 9.80. The Kier molecular flexibility index (Phi) is 9.92. The van der Waals surface area contributed by atoms with Crippen LogP contribution in [0.25, 0.3) is 10.9 Å². The number of anilines is 3. The number of pyridine rings is 2. The van der Waals surface area contributed by atoms with Gasteiger partial charge in [0.2, 0.25) is 11.8 Å². The van der Waals surface area contributed by atoms with E-state index < -0.39 is 6.04 Å². The van der Waals surface area contributed by atoms with E-state index in [1.165, 1.54) is 12.1 Å². The standard InChI is InChI=1S/C42H50N10O4/c1-48-14-3-6-35(48)33-22-29-25-43-37(23-32(29)45-33)46-40(54)28-7-9-38(44-24-28)51-20-18-49(19-21-51)15-11-27-12-16-50(17-13-27)34-5-2-4-30-31(34)26-52(42(30)56)36-8-10-39(53)47-41(36)55/h2,4-5,7,9,22-25,27,35-36,45H,3,6,8,10-21,26H2,1H3,(H,43,46,54)(H,47,53,55)/t35-,36?/m1/s1. The molecule has 292 valence electrons. The zero-order chi connectivity index (χ0) is 38.3. The zero-order valence-electron chi connectivity index (χ0n) is 32.0. The molecule has 2 atom stereocenters. The first-order valence-corrected chi connectivity index (χ1v) is 20.2. The summed E-state index contributed by atoms with van der Waals surface area (Å²) < 4.78 is 0. The van der Waals surface area contributed by atoms with Crippen LogP contribution in [0.1, 0.15) is 83.0 Å². The van der Waals surface area contributed by atoms with Gasteiger partial charge < -0.3 is 25.0 Å². The molecule has 9 rings (SSSR count). The summed E-state index contributed by atoms with van der Waals surface area (Å²) >= 11 is 0. The number of amides is 4. The van der Waals surface area contributed by atoms with E-state index >= 15 is 0 Å². The van der Waals surface area contributed by atoms with Gasteiger partial charge in [-0.2, -0.15) is 0 Å². The lowest BCUT2D eigenvalue weighted by atomic mass is 9.92. The Balaban J connectivity index is 0.721. The van der Waals surface area contributed by atoms with E-state index in [1.54, 1.807) is 11.1 Å². The predicted octanol–water partition coefficient (Wildman–Crippen LogP) is 4.17. The highest BCUT2D eigenvalue weighted by Gasteiger charge is 2.40. The summed E-state index contributed by atoms with van der Waals surface area (Å²) in [6, 6.07) is 13.5. The highest BCUT2D eigenvalue weighted by atomic mass is 16.2. The number of carbonyl (C=O) groups excluding carboxylic acids is 4. The molecule has 5 aliphatic rings. The van der Waals surface area contributed by atoms with Gasteiger partial charge in [-0.25, -0.2) is 9.97 Å². The van der Waals surface area contributed by atoms with Crippen molar-refractivity contribution in [3.8, 4) is 0 Å². The van der Waals surface area contributed by atoms with Gasteiger partial charge in [0.1, 0.15) is 17.7 Å². The fraction of sp³-hybridized carbons (Fsp3) is 0.476. The van der Waals surface area contributed by atoms with Crippen molar-refractivity contribution in [3.05, 3.63) is 77.2 Å². The van der Waals surface area contributed by atoms with Crippen LogP contribution in [0.5, 0.6) is 0 Å². The Hall–Kier alpha value is -5.34. The molecule has 8 heterocycles. The van der Waals surface area contributed by atoms with Gasteiger partial charge >= 0.3 is 0 Å². The average Bonchev–Trinajstić information content (AvgIpc) is 3.94. The largest absolute Gasteiger partial charge is 0.371 e. The second-order valence-corrected chi connectivity index (χ2v) is 16.1. The lowest BCUT2D eigenvalue weighted by Gasteiger charge is -2.38. The molecule has 4 amide bonds. The molecule has 4 aromatic rings. The van der Waals surface area contributed by atoms with Crippen molar-refractivity contribution in [2.45, 2.75) is 63.6 Å². The molecule has 5 aliphatic heterocycles. The number of H-pyrrole nitrogens is 1. The van der Waals surface area contributed by atoms with Crippen LogP contribution in [0.2, 0.25) is 0 Å². The lowest BCUT2D eigenvalue weighted by Crippen LogP contribution is -2.52. The molecule has 0 aliphatic carbocycles. The zero-order valence-corrected chi connectivity index (χ0v) is 32.0. The van der Waals surface area contributed by atoms with Crippen molar-refractivity contribution in [2.24, 2.45) is 5.92 Å². The van der Waals surface area contributed by atoms with Crippen molar-refractivity contribution in [1.82, 2.24) is 35.0 Å². The molecule has 0 saturated carbocycles. The molecule has 14 nitrogen and oxygen atoms in total. The van der Waals surface area contributed by atoms with Gasteiger partial charge in [-0.05, 0) is 94.9 Å². The maximum Gasteiger partial charge on any atom is 0.258 e. The number of carbonyl (C=O) groups is 4. The quantitative estimate of drug-likeness (QED) is 0.213. The van der Waals surface area contributed by atoms with E-state index in [2.05, 4.69) is 64.4 Å². The van der Waals surface area contributed by atoms with Crippen LogP contribution in [0.15, 0.2) is 54.9 Å². The molecule has 3 aromatic heterocycles. The Morgan fingerprint density at radius 2 is 1.71 bits per heavy atom. The summed E-state index contributed by atoms with van der Waals surface area (Å²) in [4.78, 5) is 74.6. The number of piperidine rings is 2. The minimum Gasteiger partial charge on any atom is -0.371 e. The molecule has 3 N–H and O–H groups in total. The van der Waals surface area contributed by atoms with Crippen molar-refractivity contribution in [1.29, 1.82) is 0 Å².